The van der Waals surface area contributed by atoms with Crippen LogP contribution in [0.25, 0.3) is 0 Å². The zero-order valence-electron chi connectivity index (χ0n) is 9.40. The normalized spacial score (nSPS) is 10.8. The Morgan fingerprint density at radius 1 is 1.47 bits per heavy atom. The summed E-state index contributed by atoms with van der Waals surface area (Å²) >= 11 is -0.165. The number of alkyl halides is 3. The standard InChI is InChI=1S/C10H8F3N3O2S/c11-10(12,13)19-4-3-15-8-1-2-9(16(17)18)7(5-8)6-14/h1-2,5,15H,3-4H2. The second-order valence-corrected chi connectivity index (χ2v) is 4.48. The summed E-state index contributed by atoms with van der Waals surface area (Å²) in [5, 5.41) is 22.0. The molecule has 0 saturated heterocycles. The molecule has 19 heavy (non-hydrogen) atoms. The topological polar surface area (TPSA) is 79.0 Å². The minimum absolute atomic E-state index is 0.0346. The maximum Gasteiger partial charge on any atom is 0.441 e. The summed E-state index contributed by atoms with van der Waals surface area (Å²) in [5.41, 5.74) is -4.39. The molecule has 0 amide bonds. The number of halogens is 3. The number of nitro groups is 1. The van der Waals surface area contributed by atoms with Gasteiger partial charge in [-0.1, -0.05) is 0 Å². The van der Waals surface area contributed by atoms with Gasteiger partial charge in [-0.3, -0.25) is 10.1 Å². The minimum atomic E-state index is -4.28. The summed E-state index contributed by atoms with van der Waals surface area (Å²) in [7, 11) is 0. The summed E-state index contributed by atoms with van der Waals surface area (Å²) in [4.78, 5) is 9.88. The molecule has 0 unspecified atom stereocenters. The van der Waals surface area contributed by atoms with Gasteiger partial charge in [0.25, 0.3) is 5.69 Å². The van der Waals surface area contributed by atoms with Crippen LogP contribution < -0.4 is 5.32 Å². The summed E-state index contributed by atoms with van der Waals surface area (Å²) in [6.07, 6.45) is 0. The van der Waals surface area contributed by atoms with Crippen molar-refractivity contribution in [3.63, 3.8) is 0 Å². The molecule has 5 nitrogen and oxygen atoms in total. The highest BCUT2D eigenvalue weighted by Gasteiger charge is 2.27. The highest BCUT2D eigenvalue weighted by molar-refractivity contribution is 8.00. The molecule has 1 aromatic carbocycles. The van der Waals surface area contributed by atoms with E-state index in [-0.39, 0.29) is 35.3 Å². The molecule has 9 heteroatoms. The molecule has 0 aliphatic carbocycles. The molecule has 0 aliphatic heterocycles. The molecular formula is C10H8F3N3O2S. The number of anilines is 1. The maximum absolute atomic E-state index is 11.9. The molecule has 0 fully saturated rings. The van der Waals surface area contributed by atoms with Gasteiger partial charge in [0.15, 0.2) is 0 Å². The van der Waals surface area contributed by atoms with E-state index in [0.29, 0.717) is 5.69 Å². The smallest absolute Gasteiger partial charge is 0.384 e. The number of nitrogens with one attached hydrogen (secondary N) is 1. The molecule has 0 aromatic heterocycles. The fourth-order valence-electron chi connectivity index (χ4n) is 1.26. The first kappa shape index (κ1) is 15.1. The maximum atomic E-state index is 11.9. The van der Waals surface area contributed by atoms with Crippen molar-refractivity contribution >= 4 is 23.1 Å². The van der Waals surface area contributed by atoms with Crippen molar-refractivity contribution in [1.29, 1.82) is 5.26 Å². The first-order valence-electron chi connectivity index (χ1n) is 4.96. The van der Waals surface area contributed by atoms with Crippen molar-refractivity contribution in [3.05, 3.63) is 33.9 Å². The van der Waals surface area contributed by atoms with Crippen LogP contribution in [-0.2, 0) is 0 Å². The second-order valence-electron chi connectivity index (χ2n) is 3.32. The van der Waals surface area contributed by atoms with E-state index in [1.807, 2.05) is 0 Å². The number of thioether (sulfide) groups is 1. The van der Waals surface area contributed by atoms with E-state index in [1.165, 1.54) is 12.1 Å². The predicted molar refractivity (Wildman–Crippen MR) is 64.8 cm³/mol. The third kappa shape index (κ3) is 5.05. The van der Waals surface area contributed by atoms with Crippen LogP contribution in [0.2, 0.25) is 0 Å². The van der Waals surface area contributed by atoms with Gasteiger partial charge in [0.05, 0.1) is 4.92 Å². The van der Waals surface area contributed by atoms with Crippen molar-refractivity contribution in [2.24, 2.45) is 0 Å². The highest BCUT2D eigenvalue weighted by atomic mass is 32.2. The molecule has 0 spiro atoms. The highest BCUT2D eigenvalue weighted by Crippen LogP contribution is 2.29. The van der Waals surface area contributed by atoms with Crippen molar-refractivity contribution in [2.45, 2.75) is 5.51 Å². The van der Waals surface area contributed by atoms with E-state index < -0.39 is 10.4 Å². The average molecular weight is 291 g/mol. The molecule has 1 N–H and O–H groups in total. The number of nitriles is 1. The lowest BCUT2D eigenvalue weighted by molar-refractivity contribution is -0.385. The van der Waals surface area contributed by atoms with E-state index >= 15 is 0 Å². The van der Waals surface area contributed by atoms with Gasteiger partial charge in [0.1, 0.15) is 11.6 Å². The molecule has 0 saturated carbocycles. The Morgan fingerprint density at radius 2 is 2.16 bits per heavy atom. The van der Waals surface area contributed by atoms with E-state index in [0.717, 1.165) is 6.07 Å². The van der Waals surface area contributed by atoms with E-state index in [9.17, 15) is 23.3 Å². The lowest BCUT2D eigenvalue weighted by Crippen LogP contribution is -2.09. The summed E-state index contributed by atoms with van der Waals surface area (Å²) in [6.45, 7) is 0.0346. The van der Waals surface area contributed by atoms with Crippen molar-refractivity contribution in [3.8, 4) is 6.07 Å². The Labute approximate surface area is 110 Å². The third-order valence-electron chi connectivity index (χ3n) is 2.01. The molecule has 1 aromatic rings. The lowest BCUT2D eigenvalue weighted by Gasteiger charge is -2.08. The van der Waals surface area contributed by atoms with Crippen LogP contribution in [0.1, 0.15) is 5.56 Å². The van der Waals surface area contributed by atoms with Crippen LogP contribution in [0.5, 0.6) is 0 Å². The van der Waals surface area contributed by atoms with E-state index in [4.69, 9.17) is 5.26 Å². The van der Waals surface area contributed by atoms with Crippen molar-refractivity contribution < 1.29 is 18.1 Å². The second kappa shape index (κ2) is 6.29. The van der Waals surface area contributed by atoms with Crippen molar-refractivity contribution in [1.82, 2.24) is 0 Å². The summed E-state index contributed by atoms with van der Waals surface area (Å²) in [5.74, 6) is -0.192. The van der Waals surface area contributed by atoms with E-state index in [1.54, 1.807) is 6.07 Å². The SMILES string of the molecule is N#Cc1cc(NCCSC(F)(F)F)ccc1[N+](=O)[O-]. The number of rotatable bonds is 5. The van der Waals surface area contributed by atoms with E-state index in [2.05, 4.69) is 5.32 Å². The third-order valence-corrected chi connectivity index (χ3v) is 2.75. The fourth-order valence-corrected chi connectivity index (χ4v) is 1.69. The van der Waals surface area contributed by atoms with Crippen LogP contribution >= 0.6 is 11.8 Å². The van der Waals surface area contributed by atoms with Crippen LogP contribution in [-0.4, -0.2) is 22.7 Å². The molecule has 0 atom stereocenters. The van der Waals surface area contributed by atoms with Gasteiger partial charge >= 0.3 is 5.51 Å². The summed E-state index contributed by atoms with van der Waals surface area (Å²) < 4.78 is 35.6. The van der Waals surface area contributed by atoms with Crippen LogP contribution in [0.4, 0.5) is 24.5 Å². The predicted octanol–water partition coefficient (Wildman–Crippen LogP) is 3.13. The molecule has 0 bridgehead atoms. The molecule has 102 valence electrons. The Kier molecular flexibility index (Phi) is 5.00. The minimum Gasteiger partial charge on any atom is -0.384 e. The molecule has 1 rings (SSSR count). The Bertz CT molecular complexity index is 514. The molecule has 0 radical (unpaired) electrons. The van der Waals surface area contributed by atoms with Gasteiger partial charge < -0.3 is 5.32 Å². The van der Waals surface area contributed by atoms with Crippen molar-refractivity contribution in [2.75, 3.05) is 17.6 Å². The molecule has 0 aliphatic rings. The lowest BCUT2D eigenvalue weighted by atomic mass is 10.2. The first-order valence-corrected chi connectivity index (χ1v) is 5.95. The largest absolute Gasteiger partial charge is 0.441 e. The average Bonchev–Trinajstić information content (AvgIpc) is 2.33. The van der Waals surface area contributed by atoms with Gasteiger partial charge in [-0.15, -0.1) is 0 Å². The molecular weight excluding hydrogens is 283 g/mol. The van der Waals surface area contributed by atoms with Crippen LogP contribution in [0.3, 0.4) is 0 Å². The Hall–Kier alpha value is -1.95. The Balaban J connectivity index is 2.61. The zero-order valence-corrected chi connectivity index (χ0v) is 10.2. The van der Waals surface area contributed by atoms with Gasteiger partial charge in [0, 0.05) is 24.1 Å². The fraction of sp³-hybridized carbons (Fsp3) is 0.300. The number of hydrogen-bond donors (Lipinski definition) is 1. The number of hydrogen-bond acceptors (Lipinski definition) is 5. The Morgan fingerprint density at radius 3 is 2.68 bits per heavy atom. The van der Waals surface area contributed by atoms with Gasteiger partial charge in [0.2, 0.25) is 0 Å². The zero-order chi connectivity index (χ0) is 14.5. The monoisotopic (exact) mass is 291 g/mol. The number of nitrogens with zero attached hydrogens (tertiary/aromatic N) is 2. The van der Waals surface area contributed by atoms with Crippen LogP contribution in [0.15, 0.2) is 18.2 Å². The van der Waals surface area contributed by atoms with Gasteiger partial charge in [-0.05, 0) is 23.9 Å². The summed E-state index contributed by atoms with van der Waals surface area (Å²) in [6, 6.07) is 5.38. The van der Waals surface area contributed by atoms with Gasteiger partial charge in [-0.25, -0.2) is 0 Å². The number of nitro benzene ring substituents is 1. The quantitative estimate of drug-likeness (QED) is 0.512. The molecule has 0 heterocycles. The number of benzene rings is 1. The van der Waals surface area contributed by atoms with Crippen LogP contribution in [0, 0.1) is 21.4 Å². The van der Waals surface area contributed by atoms with Gasteiger partial charge in [-0.2, -0.15) is 18.4 Å². The first-order chi connectivity index (χ1) is 8.83.